The van der Waals surface area contributed by atoms with Gasteiger partial charge in [-0.05, 0) is 0 Å². The van der Waals surface area contributed by atoms with Crippen molar-refractivity contribution in [1.29, 1.82) is 0 Å². The van der Waals surface area contributed by atoms with Crippen molar-refractivity contribution in [1.82, 2.24) is 0 Å². The summed E-state index contributed by atoms with van der Waals surface area (Å²) >= 11 is 0. The SMILES string of the molecule is [Cd+2].[O-2].[O-2].[O-2].[Zr+4]. The van der Waals surface area contributed by atoms with Crippen LogP contribution in [0.5, 0.6) is 0 Å². The molecule has 0 aromatic heterocycles. The summed E-state index contributed by atoms with van der Waals surface area (Å²) in [6.07, 6.45) is 0. The van der Waals surface area contributed by atoms with Crippen LogP contribution in [-0.2, 0) is 69.9 Å². The summed E-state index contributed by atoms with van der Waals surface area (Å²) in [7, 11) is 0. The van der Waals surface area contributed by atoms with Gasteiger partial charge >= 0.3 is 53.5 Å². The average molecular weight is 252 g/mol. The van der Waals surface area contributed by atoms with Gasteiger partial charge in [0, 0.05) is 0 Å². The number of hydrogen-bond donors (Lipinski definition) is 0. The first-order valence-electron chi connectivity index (χ1n) is 0. The molecule has 0 bridgehead atoms. The van der Waals surface area contributed by atoms with Gasteiger partial charge < -0.3 is 16.4 Å². The molecule has 5 heteroatoms. The van der Waals surface area contributed by atoms with Crippen molar-refractivity contribution in [3.8, 4) is 0 Å². The van der Waals surface area contributed by atoms with Crippen molar-refractivity contribution >= 4 is 0 Å². The zero-order valence-electron chi connectivity index (χ0n) is 2.43. The van der Waals surface area contributed by atoms with E-state index in [1.807, 2.05) is 0 Å². The standard InChI is InChI=1S/Cd.3O.Zr/q+2;3*-2;+4. The Balaban J connectivity index is 0. The van der Waals surface area contributed by atoms with Crippen molar-refractivity contribution < 1.29 is 69.9 Å². The Morgan fingerprint density at radius 2 is 0.600 bits per heavy atom. The minimum Gasteiger partial charge on any atom is -2.00 e. The third kappa shape index (κ3) is 27.2. The average Bonchev–Trinajstić information content (AvgIpc) is 0. The minimum absolute atomic E-state index is 0. The van der Waals surface area contributed by atoms with Crippen molar-refractivity contribution in [3.05, 3.63) is 0 Å². The Bertz CT molecular complexity index is 6.85. The molecule has 0 amide bonds. The molecular weight excluding hydrogens is 252 g/mol. The molecule has 0 aliphatic rings. The second kappa shape index (κ2) is 43.9. The van der Waals surface area contributed by atoms with Crippen LogP contribution < -0.4 is 0 Å². The summed E-state index contributed by atoms with van der Waals surface area (Å²) in [5.74, 6) is 0. The molecule has 0 aliphatic carbocycles. The summed E-state index contributed by atoms with van der Waals surface area (Å²) < 4.78 is 0. The summed E-state index contributed by atoms with van der Waals surface area (Å²) in [5.41, 5.74) is 0. The van der Waals surface area contributed by atoms with Crippen LogP contribution in [0.4, 0.5) is 0 Å². The van der Waals surface area contributed by atoms with Gasteiger partial charge in [0.25, 0.3) is 0 Å². The Morgan fingerprint density at radius 1 is 0.600 bits per heavy atom. The molecule has 0 N–H and O–H groups in total. The molecule has 5 heavy (non-hydrogen) atoms. The molecule has 0 fully saturated rings. The van der Waals surface area contributed by atoms with Gasteiger partial charge in [-0.15, -0.1) is 0 Å². The smallest absolute Gasteiger partial charge is 2.00 e. The Kier molecular flexibility index (Phi) is 669. The molecule has 3 nitrogen and oxygen atoms in total. The monoisotopic (exact) mass is 252 g/mol. The largest absolute Gasteiger partial charge is 4.00 e. The van der Waals surface area contributed by atoms with E-state index in [9.17, 15) is 0 Å². The van der Waals surface area contributed by atoms with Gasteiger partial charge in [0.1, 0.15) is 0 Å². The normalized spacial score (nSPS) is 0. The van der Waals surface area contributed by atoms with Crippen LogP contribution in [0.15, 0.2) is 0 Å². The van der Waals surface area contributed by atoms with Crippen molar-refractivity contribution in [2.45, 2.75) is 0 Å². The van der Waals surface area contributed by atoms with Crippen LogP contribution in [0.25, 0.3) is 0 Å². The first kappa shape index (κ1) is 76.1. The van der Waals surface area contributed by atoms with Gasteiger partial charge in [-0.2, -0.15) is 0 Å². The molecule has 0 radical (unpaired) electrons. The zero-order valence-corrected chi connectivity index (χ0v) is 8.93. The van der Waals surface area contributed by atoms with Crippen LogP contribution in [-0.4, -0.2) is 0 Å². The summed E-state index contributed by atoms with van der Waals surface area (Å²) in [6.45, 7) is 0. The maximum absolute atomic E-state index is 0. The fourth-order valence-electron chi connectivity index (χ4n) is 0. The molecule has 0 aliphatic heterocycles. The summed E-state index contributed by atoms with van der Waals surface area (Å²) in [4.78, 5) is 0. The number of rotatable bonds is 0. The van der Waals surface area contributed by atoms with E-state index >= 15 is 0 Å². The third-order valence-corrected chi connectivity index (χ3v) is 0. The summed E-state index contributed by atoms with van der Waals surface area (Å²) in [5, 5.41) is 0. The van der Waals surface area contributed by atoms with Crippen LogP contribution >= 0.6 is 0 Å². The van der Waals surface area contributed by atoms with E-state index in [-0.39, 0.29) is 69.9 Å². The topological polar surface area (TPSA) is 85.5 Å². The van der Waals surface area contributed by atoms with Gasteiger partial charge in [-0.3, -0.25) is 0 Å². The van der Waals surface area contributed by atoms with Crippen molar-refractivity contribution in [2.75, 3.05) is 0 Å². The Hall–Kier alpha value is 1.69. The molecule has 0 atom stereocenters. The van der Waals surface area contributed by atoms with Crippen LogP contribution in [0.3, 0.4) is 0 Å². The summed E-state index contributed by atoms with van der Waals surface area (Å²) in [6, 6.07) is 0. The molecule has 0 spiro atoms. The minimum atomic E-state index is 0. The predicted octanol–water partition coefficient (Wildman–Crippen LogP) is -0.361. The van der Waals surface area contributed by atoms with E-state index in [0.717, 1.165) is 0 Å². The van der Waals surface area contributed by atoms with E-state index in [1.165, 1.54) is 0 Å². The van der Waals surface area contributed by atoms with Gasteiger partial charge in [0.2, 0.25) is 0 Å². The van der Waals surface area contributed by atoms with Gasteiger partial charge in [0.05, 0.1) is 0 Å². The van der Waals surface area contributed by atoms with E-state index in [0.29, 0.717) is 0 Å². The molecule has 0 heterocycles. The molecule has 0 saturated heterocycles. The molecule has 0 aromatic rings. The van der Waals surface area contributed by atoms with E-state index in [4.69, 9.17) is 0 Å². The van der Waals surface area contributed by atoms with Crippen molar-refractivity contribution in [2.24, 2.45) is 0 Å². The van der Waals surface area contributed by atoms with Crippen LogP contribution in [0.2, 0.25) is 0 Å². The van der Waals surface area contributed by atoms with Gasteiger partial charge in [-0.1, -0.05) is 0 Å². The van der Waals surface area contributed by atoms with Crippen LogP contribution in [0, 0.1) is 0 Å². The molecule has 0 unspecified atom stereocenters. The van der Waals surface area contributed by atoms with E-state index in [1.54, 1.807) is 0 Å². The van der Waals surface area contributed by atoms with E-state index in [2.05, 4.69) is 0 Å². The molecule has 24 valence electrons. The predicted molar refractivity (Wildman–Crippen MR) is 2.06 cm³/mol. The zero-order chi connectivity index (χ0) is 0. The second-order valence-corrected chi connectivity index (χ2v) is 0. The molecular formula is CdO3Zr. The van der Waals surface area contributed by atoms with Crippen molar-refractivity contribution in [3.63, 3.8) is 0 Å². The molecule has 0 rings (SSSR count). The Labute approximate surface area is 69.3 Å². The van der Waals surface area contributed by atoms with Crippen LogP contribution in [0.1, 0.15) is 0 Å². The third-order valence-electron chi connectivity index (χ3n) is 0. The molecule has 0 aromatic carbocycles. The fraction of sp³-hybridized carbons (Fsp3) is 0. The Morgan fingerprint density at radius 3 is 0.600 bits per heavy atom. The van der Waals surface area contributed by atoms with Gasteiger partial charge in [0.15, 0.2) is 0 Å². The quantitative estimate of drug-likeness (QED) is 0.527. The first-order chi connectivity index (χ1) is 0. The maximum atomic E-state index is 0. The van der Waals surface area contributed by atoms with Gasteiger partial charge in [-0.25, -0.2) is 0 Å². The maximum Gasteiger partial charge on any atom is 4.00 e. The number of hydrogen-bond acceptors (Lipinski definition) is 0. The molecule has 0 saturated carbocycles. The first-order valence-corrected chi connectivity index (χ1v) is 0. The fourth-order valence-corrected chi connectivity index (χ4v) is 0. The van der Waals surface area contributed by atoms with E-state index < -0.39 is 0 Å². The second-order valence-electron chi connectivity index (χ2n) is 0.